The zero-order valence-electron chi connectivity index (χ0n) is 12.7. The predicted molar refractivity (Wildman–Crippen MR) is 91.9 cm³/mol. The van der Waals surface area contributed by atoms with Gasteiger partial charge in [-0.05, 0) is 48.4 Å². The van der Waals surface area contributed by atoms with Crippen molar-refractivity contribution in [2.75, 3.05) is 0 Å². The second-order valence-electron chi connectivity index (χ2n) is 5.18. The molecule has 0 saturated heterocycles. The van der Waals surface area contributed by atoms with Crippen molar-refractivity contribution in [2.45, 2.75) is 13.3 Å². The number of hydrogen-bond donors (Lipinski definition) is 2. The average Bonchev–Trinajstić information content (AvgIpc) is 2.51. The van der Waals surface area contributed by atoms with Crippen LogP contribution in [-0.2, 0) is 11.2 Å². The van der Waals surface area contributed by atoms with Gasteiger partial charge in [-0.2, -0.15) is 0 Å². The lowest BCUT2D eigenvalue weighted by molar-refractivity contribution is -0.138. The lowest BCUT2D eigenvalue weighted by Gasteiger charge is -2.11. The molecule has 0 bridgehead atoms. The number of carbonyl (C=O) groups excluding carboxylic acids is 1. The molecule has 2 rings (SSSR count). The van der Waals surface area contributed by atoms with Crippen LogP contribution in [0.4, 0.5) is 5.69 Å². The summed E-state index contributed by atoms with van der Waals surface area (Å²) in [5, 5.41) is 0.596. The highest BCUT2D eigenvalue weighted by Crippen LogP contribution is 2.19. The first kappa shape index (κ1) is 16.8. The fraction of sp³-hybridized carbons (Fsp3) is 0.176. The first-order chi connectivity index (χ1) is 10.9. The number of guanidine groups is 1. The van der Waals surface area contributed by atoms with E-state index >= 15 is 0 Å². The molecule has 1 atom stereocenters. The normalized spacial score (nSPS) is 11.6. The van der Waals surface area contributed by atoms with Crippen LogP contribution in [0.3, 0.4) is 0 Å². The Morgan fingerprint density at radius 3 is 2.30 bits per heavy atom. The fourth-order valence-corrected chi connectivity index (χ4v) is 2.14. The summed E-state index contributed by atoms with van der Waals surface area (Å²) in [7, 11) is 0. The number of nitrogens with zero attached hydrogens (tertiary/aromatic N) is 1. The van der Waals surface area contributed by atoms with E-state index in [1.807, 2.05) is 19.1 Å². The van der Waals surface area contributed by atoms with Crippen molar-refractivity contribution in [1.29, 1.82) is 0 Å². The van der Waals surface area contributed by atoms with E-state index in [0.717, 1.165) is 5.56 Å². The number of halogens is 1. The summed E-state index contributed by atoms with van der Waals surface area (Å²) in [5.41, 5.74) is 12.3. The smallest absolute Gasteiger partial charge is 0.314 e. The number of rotatable bonds is 5. The van der Waals surface area contributed by atoms with Crippen molar-refractivity contribution in [3.05, 3.63) is 59.1 Å². The van der Waals surface area contributed by atoms with Crippen LogP contribution in [0.25, 0.3) is 0 Å². The molecule has 1 unspecified atom stereocenters. The summed E-state index contributed by atoms with van der Waals surface area (Å²) in [6.07, 6.45) is 0.564. The Kier molecular flexibility index (Phi) is 5.60. The van der Waals surface area contributed by atoms with Crippen molar-refractivity contribution in [3.63, 3.8) is 0 Å². The van der Waals surface area contributed by atoms with Crippen LogP contribution in [0, 0.1) is 5.92 Å². The summed E-state index contributed by atoms with van der Waals surface area (Å²) in [4.78, 5) is 16.1. The Morgan fingerprint density at radius 2 is 1.74 bits per heavy atom. The molecule has 2 aromatic rings. The van der Waals surface area contributed by atoms with Gasteiger partial charge in [0.25, 0.3) is 0 Å². The van der Waals surface area contributed by atoms with Gasteiger partial charge >= 0.3 is 5.97 Å². The van der Waals surface area contributed by atoms with Gasteiger partial charge in [0.15, 0.2) is 5.96 Å². The fourth-order valence-electron chi connectivity index (χ4n) is 2.01. The van der Waals surface area contributed by atoms with Crippen molar-refractivity contribution in [3.8, 4) is 5.75 Å². The quantitative estimate of drug-likeness (QED) is 0.381. The summed E-state index contributed by atoms with van der Waals surface area (Å²) in [6, 6.07) is 14.0. The maximum Gasteiger partial charge on any atom is 0.314 e. The molecule has 0 aromatic heterocycles. The SMILES string of the molecule is CC(Cc1ccc(N=C(N)N)cc1)C(=O)Oc1ccc(Cl)cc1. The molecule has 0 spiro atoms. The van der Waals surface area contributed by atoms with Gasteiger partial charge in [-0.1, -0.05) is 30.7 Å². The molecule has 5 nitrogen and oxygen atoms in total. The number of carbonyl (C=O) groups is 1. The lowest BCUT2D eigenvalue weighted by atomic mass is 10.0. The molecule has 0 heterocycles. The highest BCUT2D eigenvalue weighted by Gasteiger charge is 2.16. The summed E-state index contributed by atoms with van der Waals surface area (Å²) in [5.74, 6) is -0.0766. The van der Waals surface area contributed by atoms with Crippen LogP contribution < -0.4 is 16.2 Å². The van der Waals surface area contributed by atoms with Gasteiger partial charge in [-0.25, -0.2) is 4.99 Å². The van der Waals surface area contributed by atoms with Crippen molar-refractivity contribution < 1.29 is 9.53 Å². The molecule has 0 fully saturated rings. The van der Waals surface area contributed by atoms with Gasteiger partial charge in [0.2, 0.25) is 0 Å². The summed E-state index contributed by atoms with van der Waals surface area (Å²) < 4.78 is 5.33. The maximum absolute atomic E-state index is 12.1. The second-order valence-corrected chi connectivity index (χ2v) is 5.62. The average molecular weight is 332 g/mol. The minimum atomic E-state index is -0.291. The Balaban J connectivity index is 1.95. The third kappa shape index (κ3) is 5.30. The van der Waals surface area contributed by atoms with Crippen molar-refractivity contribution in [1.82, 2.24) is 0 Å². The molecule has 0 amide bonds. The van der Waals surface area contributed by atoms with E-state index < -0.39 is 0 Å². The van der Waals surface area contributed by atoms with Crippen LogP contribution in [-0.4, -0.2) is 11.9 Å². The minimum Gasteiger partial charge on any atom is -0.426 e. The molecule has 0 aliphatic rings. The van der Waals surface area contributed by atoms with Gasteiger partial charge in [0, 0.05) is 5.02 Å². The Hall–Kier alpha value is -2.53. The predicted octanol–water partition coefficient (Wildman–Crippen LogP) is 3.03. The van der Waals surface area contributed by atoms with Crippen molar-refractivity contribution in [2.24, 2.45) is 22.4 Å². The molecule has 0 aliphatic carbocycles. The topological polar surface area (TPSA) is 90.7 Å². The number of benzene rings is 2. The number of ether oxygens (including phenoxy) is 1. The van der Waals surface area contributed by atoms with Gasteiger partial charge < -0.3 is 16.2 Å². The molecule has 2 aromatic carbocycles. The van der Waals surface area contributed by atoms with E-state index in [4.69, 9.17) is 27.8 Å². The highest BCUT2D eigenvalue weighted by atomic mass is 35.5. The van der Waals surface area contributed by atoms with E-state index in [1.165, 1.54) is 0 Å². The van der Waals surface area contributed by atoms with Gasteiger partial charge in [0.1, 0.15) is 5.75 Å². The summed E-state index contributed by atoms with van der Waals surface area (Å²) in [6.45, 7) is 1.82. The maximum atomic E-state index is 12.1. The van der Waals surface area contributed by atoms with Crippen molar-refractivity contribution >= 4 is 29.2 Å². The Bertz CT molecular complexity index is 693. The first-order valence-corrected chi connectivity index (χ1v) is 7.47. The van der Waals surface area contributed by atoms with Gasteiger partial charge in [-0.15, -0.1) is 0 Å². The number of aliphatic imine (C=N–C) groups is 1. The molecule has 0 saturated carbocycles. The van der Waals surface area contributed by atoms with E-state index in [9.17, 15) is 4.79 Å². The number of nitrogens with two attached hydrogens (primary N) is 2. The van der Waals surface area contributed by atoms with Crippen LogP contribution in [0.15, 0.2) is 53.5 Å². The van der Waals surface area contributed by atoms with E-state index in [-0.39, 0.29) is 17.8 Å². The van der Waals surface area contributed by atoms with E-state index in [2.05, 4.69) is 4.99 Å². The van der Waals surface area contributed by atoms with Gasteiger partial charge in [0.05, 0.1) is 11.6 Å². The molecular formula is C17H18ClN3O2. The molecule has 0 radical (unpaired) electrons. The third-order valence-electron chi connectivity index (χ3n) is 3.17. The summed E-state index contributed by atoms with van der Waals surface area (Å²) >= 11 is 5.80. The van der Waals surface area contributed by atoms with Gasteiger partial charge in [-0.3, -0.25) is 4.79 Å². The minimum absolute atomic E-state index is 0.0117. The van der Waals surface area contributed by atoms with Crippen LogP contribution in [0.1, 0.15) is 12.5 Å². The van der Waals surface area contributed by atoms with Crippen LogP contribution in [0.2, 0.25) is 5.02 Å². The lowest BCUT2D eigenvalue weighted by Crippen LogP contribution is -2.21. The molecule has 0 aliphatic heterocycles. The number of esters is 1. The van der Waals surface area contributed by atoms with E-state index in [1.54, 1.807) is 36.4 Å². The van der Waals surface area contributed by atoms with Crippen LogP contribution in [0.5, 0.6) is 5.75 Å². The van der Waals surface area contributed by atoms with Crippen LogP contribution >= 0.6 is 11.6 Å². The zero-order valence-corrected chi connectivity index (χ0v) is 13.5. The van der Waals surface area contributed by atoms with E-state index in [0.29, 0.717) is 22.9 Å². The molecule has 120 valence electrons. The molecule has 4 N–H and O–H groups in total. The zero-order chi connectivity index (χ0) is 16.8. The highest BCUT2D eigenvalue weighted by molar-refractivity contribution is 6.30. The Morgan fingerprint density at radius 1 is 1.13 bits per heavy atom. The monoisotopic (exact) mass is 331 g/mol. The Labute approximate surface area is 139 Å². The molecular weight excluding hydrogens is 314 g/mol. The third-order valence-corrected chi connectivity index (χ3v) is 3.42. The second kappa shape index (κ2) is 7.65. The molecule has 6 heteroatoms. The molecule has 23 heavy (non-hydrogen) atoms. The largest absolute Gasteiger partial charge is 0.426 e. The first-order valence-electron chi connectivity index (χ1n) is 7.10. The standard InChI is InChI=1S/C17H18ClN3O2/c1-11(16(22)23-15-8-4-13(18)5-9-15)10-12-2-6-14(7-3-12)21-17(19)20/h2-9,11H,10H2,1H3,(H4,19,20,21). The number of hydrogen-bond acceptors (Lipinski definition) is 3.